The minimum Gasteiger partial charge on any atom is -0.119 e. The maximum absolute atomic E-state index is 5.49. The molecule has 68 valence electrons. The largest absolute Gasteiger partial charge is 0.119 e. The highest BCUT2D eigenvalue weighted by molar-refractivity contribution is 5.30. The van der Waals surface area contributed by atoms with Gasteiger partial charge in [-0.1, -0.05) is 49.1 Å². The minimum absolute atomic E-state index is 0.296. The summed E-state index contributed by atoms with van der Waals surface area (Å²) in [7, 11) is 0. The van der Waals surface area contributed by atoms with Crippen molar-refractivity contribution in [3.63, 3.8) is 0 Å². The smallest absolute Gasteiger partial charge is 0.0449 e. The average Bonchev–Trinajstić information content (AvgIpc) is 2.14. The Bertz CT molecular complexity index is 304. The third-order valence-corrected chi connectivity index (χ3v) is 2.22. The molecule has 0 nitrogen and oxygen atoms in total. The van der Waals surface area contributed by atoms with Crippen molar-refractivity contribution >= 4 is 0 Å². The zero-order valence-corrected chi connectivity index (χ0v) is 8.38. The molecule has 0 saturated heterocycles. The fraction of sp³-hybridized carbons (Fsp3) is 0.385. The van der Waals surface area contributed by atoms with Gasteiger partial charge < -0.3 is 0 Å². The predicted octanol–water partition coefficient (Wildman–Crippen LogP) is 3.51. The highest BCUT2D eigenvalue weighted by Crippen LogP contribution is 2.20. The van der Waals surface area contributed by atoms with Crippen LogP contribution in [-0.4, -0.2) is 0 Å². The Balaban J connectivity index is 2.86. The van der Waals surface area contributed by atoms with Crippen LogP contribution in [0.25, 0.3) is 0 Å². The van der Waals surface area contributed by atoms with E-state index in [9.17, 15) is 0 Å². The number of rotatable bonds is 3. The first kappa shape index (κ1) is 9.86. The first-order valence-corrected chi connectivity index (χ1v) is 4.80. The van der Waals surface area contributed by atoms with Crippen LogP contribution in [0.2, 0.25) is 0 Å². The summed E-state index contributed by atoms with van der Waals surface area (Å²) in [4.78, 5) is 0. The summed E-state index contributed by atoms with van der Waals surface area (Å²) in [6.45, 7) is 4.27. The quantitative estimate of drug-likeness (QED) is 0.612. The molecule has 0 spiro atoms. The number of hydrogen-bond acceptors (Lipinski definition) is 0. The molecule has 1 atom stereocenters. The second kappa shape index (κ2) is 4.72. The minimum atomic E-state index is 0.296. The van der Waals surface area contributed by atoms with Gasteiger partial charge in [0.05, 0.1) is 0 Å². The summed E-state index contributed by atoms with van der Waals surface area (Å²) in [5, 5.41) is 0. The molecule has 13 heavy (non-hydrogen) atoms. The Morgan fingerprint density at radius 3 is 2.77 bits per heavy atom. The number of benzene rings is 1. The van der Waals surface area contributed by atoms with Gasteiger partial charge in [0.15, 0.2) is 0 Å². The molecule has 0 bridgehead atoms. The molecule has 0 aliphatic heterocycles. The van der Waals surface area contributed by atoms with Crippen LogP contribution < -0.4 is 0 Å². The first-order valence-electron chi connectivity index (χ1n) is 4.80. The van der Waals surface area contributed by atoms with Crippen molar-refractivity contribution < 1.29 is 0 Å². The van der Waals surface area contributed by atoms with E-state index in [1.807, 2.05) is 0 Å². The molecule has 0 heterocycles. The van der Waals surface area contributed by atoms with Crippen molar-refractivity contribution in [3.8, 4) is 12.3 Å². The summed E-state index contributed by atoms with van der Waals surface area (Å²) < 4.78 is 0. The second-order valence-electron chi connectivity index (χ2n) is 3.42. The molecule has 0 heteroatoms. The molecule has 0 N–H and O–H groups in total. The molecular formula is C13H16. The lowest BCUT2D eigenvalue weighted by Crippen LogP contribution is -1.95. The first-order chi connectivity index (χ1) is 6.27. The van der Waals surface area contributed by atoms with Gasteiger partial charge in [-0.15, -0.1) is 6.42 Å². The fourth-order valence-electron chi connectivity index (χ4n) is 1.52. The zero-order chi connectivity index (χ0) is 9.68. The summed E-state index contributed by atoms with van der Waals surface area (Å²) in [5.74, 6) is 3.14. The van der Waals surface area contributed by atoms with Crippen LogP contribution in [0.1, 0.15) is 36.8 Å². The standard InChI is InChI=1S/C13H16/c1-4-7-12(5-2)13-9-6-8-11(3)10-13/h2,6,8-10,12H,4,7H2,1,3H3. The van der Waals surface area contributed by atoms with E-state index in [2.05, 4.69) is 44.0 Å². The third-order valence-electron chi connectivity index (χ3n) is 2.22. The highest BCUT2D eigenvalue weighted by atomic mass is 14.1. The van der Waals surface area contributed by atoms with E-state index in [1.165, 1.54) is 11.1 Å². The monoisotopic (exact) mass is 172 g/mol. The molecule has 1 aromatic carbocycles. The highest BCUT2D eigenvalue weighted by Gasteiger charge is 2.05. The average molecular weight is 172 g/mol. The van der Waals surface area contributed by atoms with Gasteiger partial charge in [0.2, 0.25) is 0 Å². The van der Waals surface area contributed by atoms with Gasteiger partial charge in [-0.25, -0.2) is 0 Å². The SMILES string of the molecule is C#CC(CCC)c1cccc(C)c1. The Labute approximate surface area is 81.0 Å². The summed E-state index contributed by atoms with van der Waals surface area (Å²) in [6, 6.07) is 8.47. The normalized spacial score (nSPS) is 12.1. The fourth-order valence-corrected chi connectivity index (χ4v) is 1.52. The van der Waals surface area contributed by atoms with Gasteiger partial charge in [0, 0.05) is 5.92 Å². The maximum atomic E-state index is 5.49. The van der Waals surface area contributed by atoms with Gasteiger partial charge in [-0.2, -0.15) is 0 Å². The van der Waals surface area contributed by atoms with Gasteiger partial charge in [0.1, 0.15) is 0 Å². The zero-order valence-electron chi connectivity index (χ0n) is 8.38. The van der Waals surface area contributed by atoms with Crippen LogP contribution in [0, 0.1) is 19.3 Å². The Kier molecular flexibility index (Phi) is 3.58. The van der Waals surface area contributed by atoms with Crippen molar-refractivity contribution in [2.24, 2.45) is 0 Å². The van der Waals surface area contributed by atoms with Gasteiger partial charge >= 0.3 is 0 Å². The lowest BCUT2D eigenvalue weighted by atomic mass is 9.94. The molecule has 0 aliphatic rings. The number of aryl methyl sites for hydroxylation is 1. The van der Waals surface area contributed by atoms with E-state index in [4.69, 9.17) is 6.42 Å². The van der Waals surface area contributed by atoms with Crippen LogP contribution in [0.3, 0.4) is 0 Å². The van der Waals surface area contributed by atoms with Crippen LogP contribution in [-0.2, 0) is 0 Å². The molecule has 1 unspecified atom stereocenters. The van der Waals surface area contributed by atoms with E-state index in [0.29, 0.717) is 5.92 Å². The molecule has 1 rings (SSSR count). The van der Waals surface area contributed by atoms with Gasteiger partial charge in [0.25, 0.3) is 0 Å². The summed E-state index contributed by atoms with van der Waals surface area (Å²) >= 11 is 0. The second-order valence-corrected chi connectivity index (χ2v) is 3.42. The predicted molar refractivity (Wildman–Crippen MR) is 57.7 cm³/mol. The topological polar surface area (TPSA) is 0 Å². The van der Waals surface area contributed by atoms with Crippen molar-refractivity contribution in [1.29, 1.82) is 0 Å². The third kappa shape index (κ3) is 2.63. The maximum Gasteiger partial charge on any atom is 0.0449 e. The van der Waals surface area contributed by atoms with E-state index in [-0.39, 0.29) is 0 Å². The summed E-state index contributed by atoms with van der Waals surface area (Å²) in [6.07, 6.45) is 7.72. The molecule has 0 radical (unpaired) electrons. The van der Waals surface area contributed by atoms with Crippen LogP contribution >= 0.6 is 0 Å². The van der Waals surface area contributed by atoms with Gasteiger partial charge in [-0.3, -0.25) is 0 Å². The Hall–Kier alpha value is -1.22. The molecule has 0 fully saturated rings. The molecule has 0 aromatic heterocycles. The molecule has 0 amide bonds. The number of hydrogen-bond donors (Lipinski definition) is 0. The van der Waals surface area contributed by atoms with E-state index in [1.54, 1.807) is 0 Å². The molecular weight excluding hydrogens is 156 g/mol. The van der Waals surface area contributed by atoms with Crippen LogP contribution in [0.5, 0.6) is 0 Å². The van der Waals surface area contributed by atoms with Gasteiger partial charge in [-0.05, 0) is 18.9 Å². The molecule has 0 saturated carbocycles. The van der Waals surface area contributed by atoms with Crippen molar-refractivity contribution in [2.75, 3.05) is 0 Å². The van der Waals surface area contributed by atoms with Crippen molar-refractivity contribution in [3.05, 3.63) is 35.4 Å². The van der Waals surface area contributed by atoms with Crippen LogP contribution in [0.15, 0.2) is 24.3 Å². The lowest BCUT2D eigenvalue weighted by molar-refractivity contribution is 0.734. The Morgan fingerprint density at radius 1 is 1.46 bits per heavy atom. The van der Waals surface area contributed by atoms with Crippen molar-refractivity contribution in [2.45, 2.75) is 32.6 Å². The van der Waals surface area contributed by atoms with E-state index in [0.717, 1.165) is 12.8 Å². The summed E-state index contributed by atoms with van der Waals surface area (Å²) in [5.41, 5.74) is 2.57. The van der Waals surface area contributed by atoms with Crippen LogP contribution in [0.4, 0.5) is 0 Å². The van der Waals surface area contributed by atoms with E-state index < -0.39 is 0 Å². The molecule has 0 aliphatic carbocycles. The lowest BCUT2D eigenvalue weighted by Gasteiger charge is -2.09. The number of terminal acetylenes is 1. The molecule has 1 aromatic rings. The van der Waals surface area contributed by atoms with Crippen molar-refractivity contribution in [1.82, 2.24) is 0 Å². The van der Waals surface area contributed by atoms with E-state index >= 15 is 0 Å². The Morgan fingerprint density at radius 2 is 2.23 bits per heavy atom.